The van der Waals surface area contributed by atoms with Crippen LogP contribution in [0.2, 0.25) is 0 Å². The van der Waals surface area contributed by atoms with E-state index in [-0.39, 0.29) is 23.6 Å². The highest BCUT2D eigenvalue weighted by Gasteiger charge is 2.28. The van der Waals surface area contributed by atoms with Gasteiger partial charge in [-0.25, -0.2) is 14.0 Å². The van der Waals surface area contributed by atoms with E-state index in [2.05, 4.69) is 56.8 Å². The number of amides is 4. The molecule has 0 radical (unpaired) electrons. The minimum atomic E-state index is -0.0201. The molecule has 5 fully saturated rings. The number of likely N-dealkylation sites (tertiary alicyclic amines) is 1. The van der Waals surface area contributed by atoms with Gasteiger partial charge in [0.1, 0.15) is 5.75 Å². The molecule has 5 aliphatic rings. The summed E-state index contributed by atoms with van der Waals surface area (Å²) in [6, 6.07) is 24.7. The molecule has 7 heterocycles. The normalized spacial score (nSPS) is 15.2. The fraction of sp³-hybridized carbons (Fsp3) is 0.352. The quantitative estimate of drug-likeness (QED) is 0.0421. The Balaban J connectivity index is 0.000000134. The van der Waals surface area contributed by atoms with Crippen LogP contribution in [0.4, 0.5) is 11.4 Å². The highest BCUT2D eigenvalue weighted by Crippen LogP contribution is 2.33. The molecule has 6 aromatic heterocycles. The molecule has 4 saturated carbocycles. The number of ether oxygens (including phenoxy) is 2. The summed E-state index contributed by atoms with van der Waals surface area (Å²) in [4.78, 5) is 63.8. The summed E-state index contributed by atoms with van der Waals surface area (Å²) >= 11 is 0. The van der Waals surface area contributed by atoms with Crippen LogP contribution in [0.3, 0.4) is 0 Å². The first-order chi connectivity index (χ1) is 44.7. The average molecular weight is 1240 g/mol. The fourth-order valence-corrected chi connectivity index (χ4v) is 10.8. The van der Waals surface area contributed by atoms with Crippen LogP contribution in [0, 0.1) is 26.7 Å². The summed E-state index contributed by atoms with van der Waals surface area (Å²) in [6.07, 6.45) is 32.8. The van der Waals surface area contributed by atoms with E-state index in [0.717, 1.165) is 155 Å². The van der Waals surface area contributed by atoms with Crippen LogP contribution >= 0.6 is 0 Å². The van der Waals surface area contributed by atoms with Gasteiger partial charge in [-0.15, -0.1) is 0 Å². The maximum Gasteiger partial charge on any atom is 0.251 e. The van der Waals surface area contributed by atoms with Gasteiger partial charge in [0, 0.05) is 116 Å². The van der Waals surface area contributed by atoms with E-state index in [1.807, 2.05) is 147 Å². The Kier molecular flexibility index (Phi) is 19.2. The van der Waals surface area contributed by atoms with Crippen LogP contribution in [0.25, 0.3) is 50.4 Å². The summed E-state index contributed by atoms with van der Waals surface area (Å²) in [5.74, 6) is 1.56. The lowest BCUT2D eigenvalue weighted by atomic mass is 10.0. The number of aromatic nitrogens is 9. The molecule has 92 heavy (non-hydrogen) atoms. The standard InChI is InChI=1S/C26H30N6O2.C23H24N4O2.C22H25N5O2/c1-17-3-4-19(26(34)30-21-5-6-21)11-25(17)20-13-28-32(16-20)24-12-23(14-27-15-24)29-22-7-9-31(10-8-22)18(2)33;1-15-2-5-17(23(28)26-19-6-7-19)8-22(15)18-10-25-27(13-18)20-9-21(12-24-11-20)29-14-16-3-4-16;1-15-3-4-16(22(28)26-18-5-6-18)9-21(15)17-11-25-27(14-17)20-10-19(12-23-13-20)24-7-8-29-2/h3-4,11-16,21-22,29H,5-10H2,1-2H3,(H,30,34);2,5,8-13,16,19H,3-4,6-7,14H2,1H3,(H,26,28);3-4,9-14,18,24H,5-8H2,1-2H3,(H,26,28). The van der Waals surface area contributed by atoms with Crippen LogP contribution in [-0.2, 0) is 9.53 Å². The van der Waals surface area contributed by atoms with Gasteiger partial charge in [0.15, 0.2) is 0 Å². The Hall–Kier alpha value is -10.0. The summed E-state index contributed by atoms with van der Waals surface area (Å²) in [5, 5.41) is 29.5. The Bertz CT molecular complexity index is 4090. The molecular weight excluding hydrogens is 1160 g/mol. The Morgan fingerprint density at radius 3 is 1.34 bits per heavy atom. The van der Waals surface area contributed by atoms with Crippen molar-refractivity contribution in [1.82, 2.24) is 65.1 Å². The summed E-state index contributed by atoms with van der Waals surface area (Å²) in [6.45, 7) is 11.4. The zero-order valence-corrected chi connectivity index (χ0v) is 52.8. The third-order valence-electron chi connectivity index (χ3n) is 17.0. The fourth-order valence-electron chi connectivity index (χ4n) is 10.8. The number of hydrogen-bond donors (Lipinski definition) is 5. The molecule has 9 aromatic rings. The molecule has 0 spiro atoms. The largest absolute Gasteiger partial charge is 0.492 e. The van der Waals surface area contributed by atoms with Gasteiger partial charge in [-0.2, -0.15) is 15.3 Å². The summed E-state index contributed by atoms with van der Waals surface area (Å²) in [7, 11) is 1.67. The van der Waals surface area contributed by atoms with Crippen molar-refractivity contribution in [3.63, 3.8) is 0 Å². The first kappa shape index (κ1) is 62.2. The Labute approximate surface area is 535 Å². The number of anilines is 2. The smallest absolute Gasteiger partial charge is 0.251 e. The minimum Gasteiger partial charge on any atom is -0.492 e. The second-order valence-corrected chi connectivity index (χ2v) is 24.7. The number of aryl methyl sites for hydroxylation is 3. The van der Waals surface area contributed by atoms with Crippen molar-refractivity contribution in [2.24, 2.45) is 5.92 Å². The minimum absolute atomic E-state index is 0.00847. The number of methoxy groups -OCH3 is 1. The highest BCUT2D eigenvalue weighted by molar-refractivity contribution is 5.97. The lowest BCUT2D eigenvalue weighted by molar-refractivity contribution is -0.129. The zero-order valence-electron chi connectivity index (χ0n) is 52.8. The molecule has 21 nitrogen and oxygen atoms in total. The lowest BCUT2D eigenvalue weighted by Gasteiger charge is -2.32. The molecule has 21 heteroatoms. The first-order valence-corrected chi connectivity index (χ1v) is 31.9. The third kappa shape index (κ3) is 16.5. The molecule has 5 N–H and O–H groups in total. The van der Waals surface area contributed by atoms with Crippen molar-refractivity contribution in [3.8, 4) is 56.2 Å². The summed E-state index contributed by atoms with van der Waals surface area (Å²) < 4.78 is 16.3. The van der Waals surface area contributed by atoms with Gasteiger partial charge in [-0.05, 0) is 173 Å². The van der Waals surface area contributed by atoms with E-state index < -0.39 is 0 Å². The van der Waals surface area contributed by atoms with Gasteiger partial charge in [0.05, 0.1) is 97.4 Å². The maximum absolute atomic E-state index is 12.5. The van der Waals surface area contributed by atoms with Gasteiger partial charge in [0.2, 0.25) is 5.91 Å². The predicted octanol–water partition coefficient (Wildman–Crippen LogP) is 10.7. The van der Waals surface area contributed by atoms with Crippen LogP contribution < -0.4 is 31.3 Å². The van der Waals surface area contributed by atoms with Gasteiger partial charge >= 0.3 is 0 Å². The second kappa shape index (κ2) is 28.4. The molecule has 14 rings (SSSR count). The van der Waals surface area contributed by atoms with Crippen molar-refractivity contribution in [2.75, 3.05) is 50.6 Å². The number of pyridine rings is 3. The molecule has 0 bridgehead atoms. The van der Waals surface area contributed by atoms with Gasteiger partial charge in [0.25, 0.3) is 17.7 Å². The lowest BCUT2D eigenvalue weighted by Crippen LogP contribution is -2.41. The number of carbonyl (C=O) groups excluding carboxylic acids is 4. The van der Waals surface area contributed by atoms with E-state index in [1.165, 1.54) is 12.8 Å². The average Bonchev–Trinajstić information content (AvgIpc) is 1.74. The van der Waals surface area contributed by atoms with Crippen molar-refractivity contribution < 1.29 is 28.7 Å². The molecular formula is C71H79N15O6. The molecule has 1 saturated heterocycles. The third-order valence-corrected chi connectivity index (χ3v) is 17.0. The molecule has 4 amide bonds. The number of hydrogen-bond acceptors (Lipinski definition) is 14. The summed E-state index contributed by atoms with van der Waals surface area (Å²) in [5.41, 5.74) is 15.6. The van der Waals surface area contributed by atoms with Crippen LogP contribution in [0.1, 0.15) is 119 Å². The molecule has 0 unspecified atom stereocenters. The van der Waals surface area contributed by atoms with Crippen molar-refractivity contribution in [1.29, 1.82) is 0 Å². The number of nitrogens with zero attached hydrogens (tertiary/aromatic N) is 10. The number of carbonyl (C=O) groups is 4. The van der Waals surface area contributed by atoms with Crippen molar-refractivity contribution >= 4 is 35.0 Å². The van der Waals surface area contributed by atoms with E-state index in [9.17, 15) is 19.2 Å². The zero-order chi connectivity index (χ0) is 63.7. The van der Waals surface area contributed by atoms with Gasteiger partial charge < -0.3 is 41.0 Å². The van der Waals surface area contributed by atoms with Gasteiger partial charge in [-0.3, -0.25) is 34.1 Å². The van der Waals surface area contributed by atoms with Crippen molar-refractivity contribution in [2.45, 2.75) is 116 Å². The SMILES string of the molecule is CC(=O)N1CCC(Nc2cncc(-n3cc(-c4cc(C(=O)NC5CC5)ccc4C)cn3)c2)CC1.COCCNc1cncc(-n2cc(-c3cc(C(=O)NC4CC4)ccc3C)cn2)c1.Cc1ccc(C(=O)NC2CC2)cc1-c1cnn(-c2cncc(OCC3CC3)c2)c1. The number of rotatable bonds is 21. The molecule has 3 aromatic carbocycles. The molecule has 4 aliphatic carbocycles. The molecule has 0 atom stereocenters. The van der Waals surface area contributed by atoms with E-state index in [4.69, 9.17) is 9.47 Å². The van der Waals surface area contributed by atoms with Crippen LogP contribution in [0.5, 0.6) is 5.75 Å². The highest BCUT2D eigenvalue weighted by atomic mass is 16.5. The molecule has 474 valence electrons. The Morgan fingerprint density at radius 1 is 0.489 bits per heavy atom. The van der Waals surface area contributed by atoms with E-state index >= 15 is 0 Å². The second-order valence-electron chi connectivity index (χ2n) is 24.7. The van der Waals surface area contributed by atoms with E-state index in [1.54, 1.807) is 54.4 Å². The first-order valence-electron chi connectivity index (χ1n) is 31.9. The Morgan fingerprint density at radius 2 is 0.913 bits per heavy atom. The van der Waals surface area contributed by atoms with E-state index in [0.29, 0.717) is 59.9 Å². The maximum atomic E-state index is 12.5. The number of piperidine rings is 1. The van der Waals surface area contributed by atoms with Gasteiger partial charge in [-0.1, -0.05) is 18.2 Å². The van der Waals surface area contributed by atoms with Crippen LogP contribution in [-0.4, -0.2) is 137 Å². The predicted molar refractivity (Wildman–Crippen MR) is 354 cm³/mol. The monoisotopic (exact) mass is 1240 g/mol. The molecule has 1 aliphatic heterocycles. The topological polar surface area (TPSA) is 242 Å². The van der Waals surface area contributed by atoms with Crippen molar-refractivity contribution in [3.05, 3.63) is 181 Å². The number of benzene rings is 3. The number of nitrogens with one attached hydrogen (secondary N) is 5. The van der Waals surface area contributed by atoms with Crippen LogP contribution in [0.15, 0.2) is 147 Å².